The van der Waals surface area contributed by atoms with E-state index in [1.807, 2.05) is 12.1 Å². The number of halogens is 1. The number of carboxylic acid groups (broad SMARTS) is 1. The molecular formula is C23H31FO2. The lowest BCUT2D eigenvalue weighted by Crippen LogP contribution is -2.25. The van der Waals surface area contributed by atoms with Crippen LogP contribution in [0.25, 0.3) is 0 Å². The van der Waals surface area contributed by atoms with Crippen molar-refractivity contribution in [2.75, 3.05) is 0 Å². The van der Waals surface area contributed by atoms with Gasteiger partial charge in [-0.15, -0.1) is 0 Å². The molecule has 0 spiro atoms. The van der Waals surface area contributed by atoms with Gasteiger partial charge in [0, 0.05) is 6.42 Å². The van der Waals surface area contributed by atoms with E-state index < -0.39 is 5.97 Å². The van der Waals surface area contributed by atoms with E-state index in [1.165, 1.54) is 56.9 Å². The molecule has 3 rings (SSSR count). The fraction of sp³-hybridized carbons (Fsp3) is 0.609. The van der Waals surface area contributed by atoms with Crippen molar-refractivity contribution in [3.05, 3.63) is 47.8 Å². The third-order valence-corrected chi connectivity index (χ3v) is 6.53. The second-order valence-corrected chi connectivity index (χ2v) is 8.20. The zero-order valence-corrected chi connectivity index (χ0v) is 15.6. The lowest BCUT2D eigenvalue weighted by molar-refractivity contribution is -0.136. The maximum Gasteiger partial charge on any atom is 0.303 e. The molecule has 2 aliphatic rings. The van der Waals surface area contributed by atoms with Gasteiger partial charge >= 0.3 is 5.97 Å². The Morgan fingerprint density at radius 2 is 1.54 bits per heavy atom. The van der Waals surface area contributed by atoms with Gasteiger partial charge in [0.05, 0.1) is 0 Å². The Morgan fingerprint density at radius 3 is 2.12 bits per heavy atom. The fourth-order valence-electron chi connectivity index (χ4n) is 4.96. The monoisotopic (exact) mass is 358 g/mol. The first-order valence-electron chi connectivity index (χ1n) is 10.3. The van der Waals surface area contributed by atoms with Crippen molar-refractivity contribution < 1.29 is 14.3 Å². The van der Waals surface area contributed by atoms with E-state index in [-0.39, 0.29) is 12.2 Å². The topological polar surface area (TPSA) is 37.3 Å². The lowest BCUT2D eigenvalue weighted by Gasteiger charge is -2.37. The van der Waals surface area contributed by atoms with Crippen molar-refractivity contribution in [1.29, 1.82) is 0 Å². The quantitative estimate of drug-likeness (QED) is 0.604. The van der Waals surface area contributed by atoms with E-state index in [4.69, 9.17) is 5.11 Å². The number of hydrogen-bond acceptors (Lipinski definition) is 1. The highest BCUT2D eigenvalue weighted by Crippen LogP contribution is 2.44. The molecule has 0 radical (unpaired) electrons. The summed E-state index contributed by atoms with van der Waals surface area (Å²) >= 11 is 0. The van der Waals surface area contributed by atoms with Crippen LogP contribution in [-0.2, 0) is 4.79 Å². The van der Waals surface area contributed by atoms with E-state index in [0.717, 1.165) is 11.8 Å². The van der Waals surface area contributed by atoms with Crippen LogP contribution >= 0.6 is 0 Å². The highest BCUT2D eigenvalue weighted by molar-refractivity contribution is 5.66. The number of benzene rings is 1. The summed E-state index contributed by atoms with van der Waals surface area (Å²) in [5.74, 6) is 2.14. The minimum atomic E-state index is -0.713. The molecule has 26 heavy (non-hydrogen) atoms. The van der Waals surface area contributed by atoms with E-state index in [1.54, 1.807) is 12.1 Å². The Hall–Kier alpha value is -1.64. The van der Waals surface area contributed by atoms with Crippen molar-refractivity contribution in [3.8, 4) is 0 Å². The van der Waals surface area contributed by atoms with E-state index in [0.29, 0.717) is 18.3 Å². The Kier molecular flexibility index (Phi) is 6.87. The zero-order chi connectivity index (χ0) is 18.4. The Bertz CT molecular complexity index is 591. The second kappa shape index (κ2) is 9.34. The Labute approximate surface area is 156 Å². The molecule has 2 saturated carbocycles. The minimum Gasteiger partial charge on any atom is -0.481 e. The first-order valence-corrected chi connectivity index (χ1v) is 10.3. The van der Waals surface area contributed by atoms with Gasteiger partial charge in [-0.1, -0.05) is 24.3 Å². The largest absolute Gasteiger partial charge is 0.481 e. The summed E-state index contributed by atoms with van der Waals surface area (Å²) < 4.78 is 13.1. The molecule has 1 N–H and O–H groups in total. The first-order chi connectivity index (χ1) is 12.6. The van der Waals surface area contributed by atoms with Gasteiger partial charge in [-0.3, -0.25) is 4.79 Å². The molecular weight excluding hydrogens is 327 g/mol. The Morgan fingerprint density at radius 1 is 0.962 bits per heavy atom. The molecule has 0 amide bonds. The SMILES string of the molecule is O=C(O)CCC=CC1CCC(C2CCC(c3ccc(F)cc3)CC2)CC1. The number of carbonyl (C=O) groups is 1. The van der Waals surface area contributed by atoms with Crippen LogP contribution in [0.1, 0.15) is 75.7 Å². The molecule has 1 aromatic rings. The molecule has 2 aliphatic carbocycles. The number of carboxylic acids is 1. The van der Waals surface area contributed by atoms with Gasteiger partial charge in [0.25, 0.3) is 0 Å². The van der Waals surface area contributed by atoms with Crippen molar-refractivity contribution >= 4 is 5.97 Å². The van der Waals surface area contributed by atoms with Gasteiger partial charge in [-0.05, 0) is 99.2 Å². The fourth-order valence-corrected chi connectivity index (χ4v) is 4.96. The number of aliphatic carboxylic acids is 1. The van der Waals surface area contributed by atoms with Gasteiger partial charge in [-0.25, -0.2) is 4.39 Å². The predicted octanol–water partition coefficient (Wildman–Crippen LogP) is 6.33. The summed E-state index contributed by atoms with van der Waals surface area (Å²) in [7, 11) is 0. The molecule has 0 heterocycles. The Balaban J connectivity index is 1.39. The van der Waals surface area contributed by atoms with Gasteiger partial charge in [0.15, 0.2) is 0 Å². The maximum absolute atomic E-state index is 13.1. The number of allylic oxidation sites excluding steroid dienone is 2. The molecule has 2 nitrogen and oxygen atoms in total. The van der Waals surface area contributed by atoms with Crippen LogP contribution in [0.2, 0.25) is 0 Å². The average molecular weight is 358 g/mol. The highest BCUT2D eigenvalue weighted by Gasteiger charge is 2.30. The van der Waals surface area contributed by atoms with Crippen molar-refractivity contribution in [1.82, 2.24) is 0 Å². The zero-order valence-electron chi connectivity index (χ0n) is 15.6. The van der Waals surface area contributed by atoms with E-state index >= 15 is 0 Å². The van der Waals surface area contributed by atoms with Crippen LogP contribution in [0.4, 0.5) is 4.39 Å². The van der Waals surface area contributed by atoms with Gasteiger partial charge in [-0.2, -0.15) is 0 Å². The van der Waals surface area contributed by atoms with Crippen molar-refractivity contribution in [3.63, 3.8) is 0 Å². The molecule has 0 aliphatic heterocycles. The third kappa shape index (κ3) is 5.43. The van der Waals surface area contributed by atoms with Crippen LogP contribution in [-0.4, -0.2) is 11.1 Å². The van der Waals surface area contributed by atoms with Crippen molar-refractivity contribution in [2.24, 2.45) is 17.8 Å². The predicted molar refractivity (Wildman–Crippen MR) is 103 cm³/mol. The normalized spacial score (nSPS) is 29.7. The molecule has 0 unspecified atom stereocenters. The summed E-state index contributed by atoms with van der Waals surface area (Å²) in [6, 6.07) is 7.10. The van der Waals surface area contributed by atoms with Crippen LogP contribution in [0.5, 0.6) is 0 Å². The maximum atomic E-state index is 13.1. The molecule has 0 atom stereocenters. The van der Waals surface area contributed by atoms with Gasteiger partial charge < -0.3 is 5.11 Å². The summed E-state index contributed by atoms with van der Waals surface area (Å²) in [6.45, 7) is 0. The average Bonchev–Trinajstić information content (AvgIpc) is 2.66. The lowest BCUT2D eigenvalue weighted by atomic mass is 9.68. The highest BCUT2D eigenvalue weighted by atomic mass is 19.1. The van der Waals surface area contributed by atoms with Gasteiger partial charge in [0.1, 0.15) is 5.82 Å². The molecule has 0 saturated heterocycles. The van der Waals surface area contributed by atoms with Crippen LogP contribution in [0, 0.1) is 23.6 Å². The second-order valence-electron chi connectivity index (χ2n) is 8.20. The molecule has 0 aromatic heterocycles. The summed E-state index contributed by atoms with van der Waals surface area (Å²) in [4.78, 5) is 10.5. The van der Waals surface area contributed by atoms with E-state index in [9.17, 15) is 9.18 Å². The molecule has 1 aromatic carbocycles. The summed E-state index contributed by atoms with van der Waals surface area (Å²) in [5.41, 5.74) is 1.31. The molecule has 142 valence electrons. The first kappa shape index (κ1) is 19.1. The van der Waals surface area contributed by atoms with Crippen LogP contribution in [0.15, 0.2) is 36.4 Å². The summed E-state index contributed by atoms with van der Waals surface area (Å²) in [6.07, 6.45) is 15.5. The van der Waals surface area contributed by atoms with E-state index in [2.05, 4.69) is 12.2 Å². The van der Waals surface area contributed by atoms with Gasteiger partial charge in [0.2, 0.25) is 0 Å². The number of hydrogen-bond donors (Lipinski definition) is 1. The number of rotatable bonds is 6. The molecule has 2 fully saturated rings. The standard InChI is InChI=1S/C23H31FO2/c24-22-15-13-21(14-16-22)20-11-9-19(10-12-20)18-7-5-17(6-8-18)3-1-2-4-23(25)26/h1,3,13-20H,2,4-12H2,(H,25,26). The van der Waals surface area contributed by atoms with Crippen molar-refractivity contribution in [2.45, 2.75) is 70.1 Å². The molecule has 0 bridgehead atoms. The van der Waals surface area contributed by atoms with Crippen LogP contribution in [0.3, 0.4) is 0 Å². The summed E-state index contributed by atoms with van der Waals surface area (Å²) in [5, 5.41) is 8.68. The molecule has 3 heteroatoms. The smallest absolute Gasteiger partial charge is 0.303 e. The third-order valence-electron chi connectivity index (χ3n) is 6.53. The van der Waals surface area contributed by atoms with Crippen LogP contribution < -0.4 is 0 Å². The minimum absolute atomic E-state index is 0.142.